The minimum Gasteiger partial charge on any atom is -0.478 e. The maximum absolute atomic E-state index is 11.5. The first-order chi connectivity index (χ1) is 6.97. The Bertz CT molecular complexity index is 451. The second-order valence-corrected chi connectivity index (χ2v) is 5.55. The van der Waals surface area contributed by atoms with Gasteiger partial charge < -0.3 is 10.8 Å². The van der Waals surface area contributed by atoms with E-state index in [2.05, 4.69) is 4.72 Å². The highest BCUT2D eigenvalue weighted by atomic mass is 32.2. The molecule has 0 spiro atoms. The van der Waals surface area contributed by atoms with Crippen LogP contribution >= 0.6 is 11.3 Å². The number of hydrogen-bond acceptors (Lipinski definition) is 5. The normalized spacial score (nSPS) is 11.5. The van der Waals surface area contributed by atoms with Gasteiger partial charge in [0.2, 0.25) is 10.0 Å². The fraction of sp³-hybridized carbons (Fsp3) is 0.286. The standard InChI is InChI=1S/C7H10N2O4S2/c8-1-2-9-15(12,13)6-3-5(4-14-6)7(10)11/h3-4,9H,1-2,8H2,(H,10,11). The van der Waals surface area contributed by atoms with Crippen molar-refractivity contribution in [2.75, 3.05) is 13.1 Å². The van der Waals surface area contributed by atoms with Crippen LogP contribution in [0.3, 0.4) is 0 Å². The summed E-state index contributed by atoms with van der Waals surface area (Å²) in [4.78, 5) is 10.5. The van der Waals surface area contributed by atoms with Gasteiger partial charge >= 0.3 is 5.97 Å². The number of hydrogen-bond donors (Lipinski definition) is 3. The lowest BCUT2D eigenvalue weighted by Gasteiger charge is -2.01. The minimum atomic E-state index is -3.61. The van der Waals surface area contributed by atoms with Crippen molar-refractivity contribution >= 4 is 27.3 Å². The van der Waals surface area contributed by atoms with Crippen LogP contribution in [0.5, 0.6) is 0 Å². The van der Waals surface area contributed by atoms with Gasteiger partial charge in [0.15, 0.2) is 0 Å². The van der Waals surface area contributed by atoms with Gasteiger partial charge in [-0.05, 0) is 6.07 Å². The molecule has 0 aromatic carbocycles. The monoisotopic (exact) mass is 250 g/mol. The summed E-state index contributed by atoms with van der Waals surface area (Å²) in [6.07, 6.45) is 0. The molecule has 1 rings (SSSR count). The van der Waals surface area contributed by atoms with Crippen LogP contribution in [0, 0.1) is 0 Å². The van der Waals surface area contributed by atoms with Crippen LogP contribution in [-0.2, 0) is 10.0 Å². The van der Waals surface area contributed by atoms with Gasteiger partial charge in [0.05, 0.1) is 5.56 Å². The number of carboxylic acids is 1. The van der Waals surface area contributed by atoms with Crippen molar-refractivity contribution in [1.29, 1.82) is 0 Å². The van der Waals surface area contributed by atoms with Gasteiger partial charge in [-0.15, -0.1) is 11.3 Å². The first-order valence-corrected chi connectivity index (χ1v) is 6.35. The highest BCUT2D eigenvalue weighted by Crippen LogP contribution is 2.19. The molecule has 8 heteroatoms. The van der Waals surface area contributed by atoms with Crippen LogP contribution in [0.2, 0.25) is 0 Å². The molecule has 15 heavy (non-hydrogen) atoms. The molecular weight excluding hydrogens is 240 g/mol. The molecule has 0 saturated heterocycles. The van der Waals surface area contributed by atoms with Crippen LogP contribution in [0.25, 0.3) is 0 Å². The number of aromatic carboxylic acids is 1. The summed E-state index contributed by atoms with van der Waals surface area (Å²) in [7, 11) is -3.61. The molecule has 6 nitrogen and oxygen atoms in total. The Labute approximate surface area is 90.8 Å². The predicted molar refractivity (Wildman–Crippen MR) is 55.5 cm³/mol. The summed E-state index contributed by atoms with van der Waals surface area (Å²) >= 11 is 0.863. The van der Waals surface area contributed by atoms with Crippen molar-refractivity contribution in [3.8, 4) is 0 Å². The molecule has 0 radical (unpaired) electrons. The second kappa shape index (κ2) is 4.71. The van der Waals surface area contributed by atoms with E-state index in [1.165, 1.54) is 5.38 Å². The fourth-order valence-corrected chi connectivity index (χ4v) is 3.08. The number of sulfonamides is 1. The van der Waals surface area contributed by atoms with Crippen LogP contribution in [0.1, 0.15) is 10.4 Å². The lowest BCUT2D eigenvalue weighted by atomic mass is 10.4. The molecule has 84 valence electrons. The van der Waals surface area contributed by atoms with E-state index in [0.717, 1.165) is 17.4 Å². The van der Waals surface area contributed by atoms with Crippen molar-refractivity contribution in [2.45, 2.75) is 4.21 Å². The minimum absolute atomic E-state index is 0.0200. The smallest absolute Gasteiger partial charge is 0.336 e. The van der Waals surface area contributed by atoms with E-state index in [1.807, 2.05) is 0 Å². The summed E-state index contributed by atoms with van der Waals surface area (Å²) in [6, 6.07) is 1.12. The molecule has 1 heterocycles. The summed E-state index contributed by atoms with van der Waals surface area (Å²) in [5, 5.41) is 9.89. The van der Waals surface area contributed by atoms with E-state index in [1.54, 1.807) is 0 Å². The molecule has 0 bridgehead atoms. The third-order valence-corrected chi connectivity index (χ3v) is 4.42. The topological polar surface area (TPSA) is 109 Å². The van der Waals surface area contributed by atoms with E-state index in [4.69, 9.17) is 10.8 Å². The zero-order valence-corrected chi connectivity index (χ0v) is 9.27. The summed E-state index contributed by atoms with van der Waals surface area (Å²) < 4.78 is 25.2. The average Bonchev–Trinajstić information content (AvgIpc) is 2.64. The van der Waals surface area contributed by atoms with E-state index < -0.39 is 16.0 Å². The predicted octanol–water partition coefficient (Wildman–Crippen LogP) is -0.317. The SMILES string of the molecule is NCCNS(=O)(=O)c1cc(C(=O)O)cs1. The molecule has 0 atom stereocenters. The molecule has 0 unspecified atom stereocenters. The Balaban J connectivity index is 2.91. The van der Waals surface area contributed by atoms with Crippen molar-refractivity contribution in [3.05, 3.63) is 17.0 Å². The van der Waals surface area contributed by atoms with Crippen molar-refractivity contribution in [1.82, 2.24) is 4.72 Å². The Morgan fingerprint density at radius 2 is 2.27 bits per heavy atom. The van der Waals surface area contributed by atoms with Crippen molar-refractivity contribution in [3.63, 3.8) is 0 Å². The van der Waals surface area contributed by atoms with Gasteiger partial charge in [0.25, 0.3) is 0 Å². The molecule has 0 fully saturated rings. The summed E-state index contributed by atoms with van der Waals surface area (Å²) in [6.45, 7) is 0.318. The van der Waals surface area contributed by atoms with Crippen LogP contribution in [-0.4, -0.2) is 32.6 Å². The zero-order chi connectivity index (χ0) is 11.5. The van der Waals surface area contributed by atoms with E-state index in [-0.39, 0.29) is 22.9 Å². The molecule has 0 amide bonds. The first kappa shape index (κ1) is 12.1. The van der Waals surface area contributed by atoms with Crippen LogP contribution < -0.4 is 10.5 Å². The van der Waals surface area contributed by atoms with Gasteiger partial charge in [0.1, 0.15) is 4.21 Å². The number of nitrogens with two attached hydrogens (primary N) is 1. The quantitative estimate of drug-likeness (QED) is 0.663. The van der Waals surface area contributed by atoms with Crippen LogP contribution in [0.15, 0.2) is 15.7 Å². The molecule has 4 N–H and O–H groups in total. The number of nitrogens with one attached hydrogen (secondary N) is 1. The second-order valence-electron chi connectivity index (χ2n) is 2.65. The molecule has 0 aliphatic heterocycles. The number of thiophene rings is 1. The van der Waals surface area contributed by atoms with Gasteiger partial charge in [-0.3, -0.25) is 0 Å². The first-order valence-electron chi connectivity index (χ1n) is 3.99. The van der Waals surface area contributed by atoms with Gasteiger partial charge in [-0.1, -0.05) is 0 Å². The van der Waals surface area contributed by atoms with Crippen molar-refractivity contribution in [2.24, 2.45) is 5.73 Å². The zero-order valence-electron chi connectivity index (χ0n) is 7.63. The maximum atomic E-state index is 11.5. The fourth-order valence-electron chi connectivity index (χ4n) is 0.834. The molecule has 0 saturated carbocycles. The van der Waals surface area contributed by atoms with E-state index in [9.17, 15) is 13.2 Å². The van der Waals surface area contributed by atoms with Crippen molar-refractivity contribution < 1.29 is 18.3 Å². The third kappa shape index (κ3) is 2.99. The Morgan fingerprint density at radius 1 is 1.60 bits per heavy atom. The summed E-state index contributed by atoms with van der Waals surface area (Å²) in [5.74, 6) is -1.15. The highest BCUT2D eigenvalue weighted by molar-refractivity contribution is 7.91. The lowest BCUT2D eigenvalue weighted by Crippen LogP contribution is -2.28. The Morgan fingerprint density at radius 3 is 2.73 bits per heavy atom. The largest absolute Gasteiger partial charge is 0.478 e. The number of carbonyl (C=O) groups is 1. The molecule has 1 aromatic heterocycles. The Hall–Kier alpha value is -0.960. The molecular formula is C7H10N2O4S2. The number of carboxylic acid groups (broad SMARTS) is 1. The molecule has 0 aliphatic rings. The van der Waals surface area contributed by atoms with Crippen LogP contribution in [0.4, 0.5) is 0 Å². The van der Waals surface area contributed by atoms with E-state index in [0.29, 0.717) is 0 Å². The van der Waals surface area contributed by atoms with Gasteiger partial charge in [0, 0.05) is 18.5 Å². The third-order valence-electron chi connectivity index (χ3n) is 1.52. The lowest BCUT2D eigenvalue weighted by molar-refractivity contribution is 0.0697. The maximum Gasteiger partial charge on any atom is 0.336 e. The molecule has 1 aromatic rings. The summed E-state index contributed by atoms with van der Waals surface area (Å²) in [5.41, 5.74) is 5.12. The average molecular weight is 250 g/mol. The molecule has 0 aliphatic carbocycles. The van der Waals surface area contributed by atoms with Gasteiger partial charge in [-0.2, -0.15) is 0 Å². The Kier molecular flexibility index (Phi) is 3.80. The highest BCUT2D eigenvalue weighted by Gasteiger charge is 2.17. The number of rotatable bonds is 5. The van der Waals surface area contributed by atoms with E-state index >= 15 is 0 Å². The van der Waals surface area contributed by atoms with Gasteiger partial charge in [-0.25, -0.2) is 17.9 Å².